The lowest BCUT2D eigenvalue weighted by molar-refractivity contribution is 0.670. The molecule has 0 aliphatic carbocycles. The van der Waals surface area contributed by atoms with E-state index in [1.807, 2.05) is 0 Å². The number of hydrogen-bond donors (Lipinski definition) is 0. The van der Waals surface area contributed by atoms with Crippen LogP contribution in [0.1, 0.15) is 0 Å². The summed E-state index contributed by atoms with van der Waals surface area (Å²) in [6.07, 6.45) is 0. The maximum absolute atomic E-state index is 7.10. The van der Waals surface area contributed by atoms with Crippen LogP contribution in [-0.4, -0.2) is 11.3 Å². The SMILES string of the molecule is c1ccc2c(c1)oc1c(-c3cc4c5c(c3)N(c3ccc6c7ccccc7c7ccccc7c6c3)c3cc6c7ccccc7c7ccccc7c6cc3B5c3ccc(-n5c6ccccc6c6ccccc65)cc3N4c3ccc4c5ccccc5c5ccccc5c4c3)cccc12. The Morgan fingerprint density at radius 3 is 1.08 bits per heavy atom. The van der Waals surface area contributed by atoms with E-state index < -0.39 is 0 Å². The normalized spacial score (nSPS) is 13.0. The highest BCUT2D eigenvalue weighted by molar-refractivity contribution is 7.00. The van der Waals surface area contributed by atoms with Crippen LogP contribution in [0.3, 0.4) is 0 Å². The van der Waals surface area contributed by atoms with Crippen molar-refractivity contribution in [3.05, 3.63) is 315 Å². The molecule has 0 radical (unpaired) electrons. The lowest BCUT2D eigenvalue weighted by Crippen LogP contribution is -2.61. The predicted octanol–water partition coefficient (Wildman–Crippen LogP) is 22.8. The number of benzene rings is 18. The molecule has 4 nitrogen and oxygen atoms in total. The van der Waals surface area contributed by atoms with Crippen LogP contribution in [0.15, 0.2) is 320 Å². The van der Waals surface area contributed by atoms with Gasteiger partial charge in [-0.25, -0.2) is 0 Å². The molecule has 0 fully saturated rings. The first kappa shape index (κ1) is 51.2. The number of rotatable bonds is 4. The van der Waals surface area contributed by atoms with Crippen molar-refractivity contribution in [3.63, 3.8) is 0 Å². The van der Waals surface area contributed by atoms with Crippen molar-refractivity contribution in [3.8, 4) is 16.8 Å². The van der Waals surface area contributed by atoms with Gasteiger partial charge in [-0.1, -0.05) is 243 Å². The van der Waals surface area contributed by atoms with E-state index in [9.17, 15) is 0 Å². The number of para-hydroxylation sites is 4. The zero-order valence-corrected chi connectivity index (χ0v) is 51.3. The molecular formula is C90H52BN3O. The van der Waals surface area contributed by atoms with E-state index in [4.69, 9.17) is 4.42 Å². The average molecular weight is 1200 g/mol. The summed E-state index contributed by atoms with van der Waals surface area (Å²) in [7, 11) is 0. The van der Waals surface area contributed by atoms with Gasteiger partial charge in [0.25, 0.3) is 6.71 Å². The van der Waals surface area contributed by atoms with E-state index in [0.29, 0.717) is 0 Å². The van der Waals surface area contributed by atoms with E-state index in [0.717, 1.165) is 72.9 Å². The van der Waals surface area contributed by atoms with Crippen LogP contribution >= 0.6 is 0 Å². The Hall–Kier alpha value is -12.4. The highest BCUT2D eigenvalue weighted by atomic mass is 16.3. The molecule has 2 aromatic heterocycles. The molecule has 0 N–H and O–H groups in total. The minimum atomic E-state index is -0.217. The minimum absolute atomic E-state index is 0.217. The molecule has 2 aliphatic heterocycles. The Balaban J connectivity index is 0.919. The zero-order chi connectivity index (χ0) is 61.7. The van der Waals surface area contributed by atoms with Gasteiger partial charge in [0, 0.05) is 66.9 Å². The van der Waals surface area contributed by atoms with Gasteiger partial charge in [-0.2, -0.15) is 0 Å². The molecule has 5 heteroatoms. The molecular weight excluding hydrogens is 1150 g/mol. The molecule has 0 amide bonds. The molecule has 436 valence electrons. The molecule has 20 aromatic rings. The Morgan fingerprint density at radius 1 is 0.232 bits per heavy atom. The maximum atomic E-state index is 7.10. The van der Waals surface area contributed by atoms with E-state index in [-0.39, 0.29) is 6.71 Å². The summed E-state index contributed by atoms with van der Waals surface area (Å²) in [5, 5.41) is 27.0. The molecule has 4 heterocycles. The van der Waals surface area contributed by atoms with Crippen LogP contribution in [0.5, 0.6) is 0 Å². The summed E-state index contributed by atoms with van der Waals surface area (Å²) in [5.41, 5.74) is 17.7. The first-order valence-electron chi connectivity index (χ1n) is 33.0. The first-order valence-corrected chi connectivity index (χ1v) is 33.0. The predicted molar refractivity (Wildman–Crippen MR) is 405 cm³/mol. The molecule has 95 heavy (non-hydrogen) atoms. The smallest absolute Gasteiger partial charge is 0.252 e. The number of furan rings is 1. The molecule has 0 bridgehead atoms. The quantitative estimate of drug-likeness (QED) is 0.130. The Bertz CT molecular complexity index is 6710. The third-order valence-electron chi connectivity index (χ3n) is 21.4. The number of aromatic nitrogens is 1. The van der Waals surface area contributed by atoms with Gasteiger partial charge in [-0.15, -0.1) is 0 Å². The second kappa shape index (κ2) is 19.1. The van der Waals surface area contributed by atoms with Crippen molar-refractivity contribution in [1.29, 1.82) is 0 Å². The van der Waals surface area contributed by atoms with Gasteiger partial charge in [0.2, 0.25) is 0 Å². The largest absolute Gasteiger partial charge is 0.455 e. The standard InChI is InChI=1S/C90H52BN3O/c1-3-26-64-58(20-1)60-22-5-9-28-66(60)76-48-54(40-43-70(64)76)93-84-50-56(92-82-37-16-13-32-72(82)73-33-14-17-38-83(73)92)42-45-80(84)91-81-51-78-68-30-11-7-24-62(68)63-25-8-12-31-69(63)79(78)52-85(81)94(55-41-44-71-65-27-4-2-21-59(65)61-23-6-10-29-67(61)77(71)49-55)87-47-53(46-86(93)89(87)91)57-35-19-36-75-74-34-15-18-39-88(74)95-90(57)75/h1-52H. The van der Waals surface area contributed by atoms with E-state index in [1.54, 1.807) is 0 Å². The van der Waals surface area contributed by atoms with Crippen LogP contribution < -0.4 is 26.2 Å². The number of hydrogen-bond acceptors (Lipinski definition) is 3. The Kier molecular flexibility index (Phi) is 10.3. The first-order chi connectivity index (χ1) is 47.1. The van der Waals surface area contributed by atoms with Crippen molar-refractivity contribution in [2.45, 2.75) is 0 Å². The summed E-state index contributed by atoms with van der Waals surface area (Å²) in [5.74, 6) is 0. The van der Waals surface area contributed by atoms with Gasteiger partial charge in [0.15, 0.2) is 0 Å². The second-order valence-electron chi connectivity index (χ2n) is 26.1. The lowest BCUT2D eigenvalue weighted by Gasteiger charge is -2.45. The maximum Gasteiger partial charge on any atom is 0.252 e. The van der Waals surface area contributed by atoms with Gasteiger partial charge >= 0.3 is 0 Å². The van der Waals surface area contributed by atoms with Gasteiger partial charge in [0.05, 0.1) is 11.0 Å². The van der Waals surface area contributed by atoms with E-state index in [2.05, 4.69) is 330 Å². The molecule has 22 rings (SSSR count). The molecule has 0 atom stereocenters. The van der Waals surface area contributed by atoms with Crippen LogP contribution in [0.2, 0.25) is 0 Å². The minimum Gasteiger partial charge on any atom is -0.455 e. The topological polar surface area (TPSA) is 24.6 Å². The molecule has 2 aliphatic rings. The van der Waals surface area contributed by atoms with Crippen LogP contribution in [0.25, 0.3) is 158 Å². The third kappa shape index (κ3) is 7.00. The number of anilines is 6. The van der Waals surface area contributed by atoms with Gasteiger partial charge in [-0.05, 0) is 192 Å². The average Bonchev–Trinajstić information content (AvgIpc) is 1.14. The van der Waals surface area contributed by atoms with Crippen molar-refractivity contribution in [2.24, 2.45) is 0 Å². The van der Waals surface area contributed by atoms with Gasteiger partial charge in [-0.3, -0.25) is 0 Å². The van der Waals surface area contributed by atoms with E-state index >= 15 is 0 Å². The molecule has 0 saturated heterocycles. The summed E-state index contributed by atoms with van der Waals surface area (Å²) in [6.45, 7) is -0.217. The fourth-order valence-corrected chi connectivity index (χ4v) is 17.5. The van der Waals surface area contributed by atoms with Crippen molar-refractivity contribution in [2.75, 3.05) is 9.80 Å². The van der Waals surface area contributed by atoms with Crippen LogP contribution in [-0.2, 0) is 0 Å². The number of fused-ring (bicyclic) bond motifs is 28. The number of nitrogens with zero attached hydrogens (tertiary/aromatic N) is 3. The van der Waals surface area contributed by atoms with Gasteiger partial charge in [0.1, 0.15) is 11.2 Å². The van der Waals surface area contributed by atoms with Crippen LogP contribution in [0, 0.1) is 0 Å². The van der Waals surface area contributed by atoms with E-state index in [1.165, 1.54) is 135 Å². The van der Waals surface area contributed by atoms with Gasteiger partial charge < -0.3 is 18.8 Å². The summed E-state index contributed by atoms with van der Waals surface area (Å²) >= 11 is 0. The van der Waals surface area contributed by atoms with Crippen molar-refractivity contribution >= 4 is 198 Å². The van der Waals surface area contributed by atoms with Crippen molar-refractivity contribution in [1.82, 2.24) is 4.57 Å². The van der Waals surface area contributed by atoms with Crippen molar-refractivity contribution < 1.29 is 4.42 Å². The summed E-state index contributed by atoms with van der Waals surface area (Å²) < 4.78 is 9.58. The molecule has 18 aromatic carbocycles. The highest BCUT2D eigenvalue weighted by Gasteiger charge is 2.45. The molecule has 0 unspecified atom stereocenters. The third-order valence-corrected chi connectivity index (χ3v) is 21.4. The summed E-state index contributed by atoms with van der Waals surface area (Å²) in [4.78, 5) is 5.26. The highest BCUT2D eigenvalue weighted by Crippen LogP contribution is 2.52. The zero-order valence-electron chi connectivity index (χ0n) is 51.3. The lowest BCUT2D eigenvalue weighted by atomic mass is 9.33. The van der Waals surface area contributed by atoms with Crippen LogP contribution in [0.4, 0.5) is 34.1 Å². The second-order valence-corrected chi connectivity index (χ2v) is 26.1. The fourth-order valence-electron chi connectivity index (χ4n) is 17.5. The Morgan fingerprint density at radius 2 is 0.600 bits per heavy atom. The molecule has 0 spiro atoms. The molecule has 0 saturated carbocycles. The fraction of sp³-hybridized carbons (Fsp3) is 0. The summed E-state index contributed by atoms with van der Waals surface area (Å²) in [6, 6.07) is 119. The monoisotopic (exact) mass is 1200 g/mol. The Labute approximate surface area is 545 Å².